The quantitative estimate of drug-likeness (QED) is 0.846. The van der Waals surface area contributed by atoms with E-state index in [1.54, 1.807) is 11.8 Å². The zero-order valence-electron chi connectivity index (χ0n) is 16.1. The van der Waals surface area contributed by atoms with Crippen LogP contribution in [-0.2, 0) is 9.53 Å². The number of aliphatic hydroxyl groups excluding tert-OH is 1. The van der Waals surface area contributed by atoms with Crippen LogP contribution >= 0.6 is 0 Å². The maximum Gasteiger partial charge on any atom is 0.260 e. The first-order valence-corrected chi connectivity index (χ1v) is 9.81. The lowest BCUT2D eigenvalue weighted by molar-refractivity contribution is -0.222. The minimum atomic E-state index is -1.15. The standard InChI is InChI=1S/C22H27NO5/c1-21(26)15-22(28-13-19(21)24)8-10-23(11-9-22)20(25)14-27-18-7-6-16-4-2-3-5-17(16)12-18/h2-7,12,19,24,26H,8-11,13-15H2,1H3/t19-,21-/m0/s1. The van der Waals surface area contributed by atoms with Gasteiger partial charge in [-0.15, -0.1) is 0 Å². The number of amides is 1. The Bertz CT molecular complexity index is 857. The number of likely N-dealkylation sites (tertiary alicyclic amines) is 1. The van der Waals surface area contributed by atoms with E-state index >= 15 is 0 Å². The predicted octanol–water partition coefficient (Wildman–Crippen LogP) is 2.11. The van der Waals surface area contributed by atoms with E-state index in [0.29, 0.717) is 38.1 Å². The molecule has 0 bridgehead atoms. The van der Waals surface area contributed by atoms with Crippen LogP contribution in [0.1, 0.15) is 26.2 Å². The minimum absolute atomic E-state index is 0.00261. The lowest BCUT2D eigenvalue weighted by Crippen LogP contribution is -2.59. The van der Waals surface area contributed by atoms with E-state index < -0.39 is 17.3 Å². The summed E-state index contributed by atoms with van der Waals surface area (Å²) in [6.45, 7) is 2.91. The van der Waals surface area contributed by atoms with Gasteiger partial charge in [-0.25, -0.2) is 0 Å². The molecule has 2 atom stereocenters. The number of benzene rings is 2. The molecule has 150 valence electrons. The van der Waals surface area contributed by atoms with Crippen LogP contribution < -0.4 is 4.74 Å². The number of carbonyl (C=O) groups excluding carboxylic acids is 1. The number of nitrogens with zero attached hydrogens (tertiary/aromatic N) is 1. The number of fused-ring (bicyclic) bond motifs is 1. The molecule has 2 aromatic carbocycles. The van der Waals surface area contributed by atoms with Gasteiger partial charge in [-0.1, -0.05) is 30.3 Å². The zero-order chi connectivity index (χ0) is 19.8. The van der Waals surface area contributed by atoms with Crippen LogP contribution in [0.4, 0.5) is 0 Å². The van der Waals surface area contributed by atoms with E-state index in [1.807, 2.05) is 42.5 Å². The first-order chi connectivity index (χ1) is 13.4. The summed E-state index contributed by atoms with van der Waals surface area (Å²) < 4.78 is 11.6. The molecule has 2 aromatic rings. The molecule has 4 rings (SSSR count). The molecule has 2 N–H and O–H groups in total. The number of hydrogen-bond acceptors (Lipinski definition) is 5. The number of piperidine rings is 1. The van der Waals surface area contributed by atoms with Crippen molar-refractivity contribution in [2.75, 3.05) is 26.3 Å². The number of hydrogen-bond donors (Lipinski definition) is 2. The second-order valence-corrected chi connectivity index (χ2v) is 8.22. The Hall–Kier alpha value is -2.15. The summed E-state index contributed by atoms with van der Waals surface area (Å²) in [5, 5.41) is 22.5. The van der Waals surface area contributed by atoms with Gasteiger partial charge in [0.15, 0.2) is 6.61 Å². The Morgan fingerprint density at radius 2 is 1.93 bits per heavy atom. The van der Waals surface area contributed by atoms with E-state index in [9.17, 15) is 15.0 Å². The second kappa shape index (κ2) is 7.35. The lowest BCUT2D eigenvalue weighted by atomic mass is 9.76. The van der Waals surface area contributed by atoms with Crippen molar-refractivity contribution in [3.05, 3.63) is 42.5 Å². The third kappa shape index (κ3) is 3.85. The molecule has 2 saturated heterocycles. The third-order valence-corrected chi connectivity index (χ3v) is 6.06. The van der Waals surface area contributed by atoms with Crippen LogP contribution in [0.25, 0.3) is 10.8 Å². The van der Waals surface area contributed by atoms with Gasteiger partial charge in [0.05, 0.1) is 17.8 Å². The Balaban J connectivity index is 1.31. The van der Waals surface area contributed by atoms with E-state index in [0.717, 1.165) is 10.8 Å². The van der Waals surface area contributed by atoms with Gasteiger partial charge in [-0.3, -0.25) is 4.79 Å². The molecule has 0 aliphatic carbocycles. The number of rotatable bonds is 3. The average Bonchev–Trinajstić information content (AvgIpc) is 2.69. The molecule has 6 heteroatoms. The number of aliphatic hydroxyl groups is 2. The molecule has 0 unspecified atom stereocenters. The number of ether oxygens (including phenoxy) is 2. The predicted molar refractivity (Wildman–Crippen MR) is 105 cm³/mol. The first kappa shape index (κ1) is 19.2. The summed E-state index contributed by atoms with van der Waals surface area (Å²) in [7, 11) is 0. The van der Waals surface area contributed by atoms with Crippen molar-refractivity contribution in [3.8, 4) is 5.75 Å². The summed E-state index contributed by atoms with van der Waals surface area (Å²) in [4.78, 5) is 14.3. The van der Waals surface area contributed by atoms with E-state index in [2.05, 4.69) is 0 Å². The maximum absolute atomic E-state index is 12.6. The largest absolute Gasteiger partial charge is 0.484 e. The van der Waals surface area contributed by atoms with Gasteiger partial charge in [0.25, 0.3) is 5.91 Å². The van der Waals surface area contributed by atoms with E-state index in [-0.39, 0.29) is 19.1 Å². The molecule has 2 heterocycles. The van der Waals surface area contributed by atoms with Gasteiger partial charge in [0, 0.05) is 19.5 Å². The highest BCUT2D eigenvalue weighted by molar-refractivity contribution is 5.84. The second-order valence-electron chi connectivity index (χ2n) is 8.22. The van der Waals surface area contributed by atoms with Crippen LogP contribution in [0.5, 0.6) is 5.75 Å². The van der Waals surface area contributed by atoms with Crippen LogP contribution in [0.2, 0.25) is 0 Å². The summed E-state index contributed by atoms with van der Waals surface area (Å²) in [5.74, 6) is 0.631. The fourth-order valence-corrected chi connectivity index (χ4v) is 4.23. The lowest BCUT2D eigenvalue weighted by Gasteiger charge is -2.49. The molecule has 0 aromatic heterocycles. The first-order valence-electron chi connectivity index (χ1n) is 9.81. The van der Waals surface area contributed by atoms with Gasteiger partial charge in [-0.2, -0.15) is 0 Å². The molecule has 0 radical (unpaired) electrons. The SMILES string of the molecule is C[C@]1(O)CC2(CCN(C(=O)COc3ccc4ccccc4c3)CC2)OC[C@@H]1O. The van der Waals surface area contributed by atoms with E-state index in [4.69, 9.17) is 9.47 Å². The van der Waals surface area contributed by atoms with Crippen molar-refractivity contribution >= 4 is 16.7 Å². The van der Waals surface area contributed by atoms with Crippen LogP contribution in [0.15, 0.2) is 42.5 Å². The van der Waals surface area contributed by atoms with Crippen LogP contribution in [-0.4, -0.2) is 64.6 Å². The topological polar surface area (TPSA) is 79.2 Å². The highest BCUT2D eigenvalue weighted by Gasteiger charge is 2.48. The number of carbonyl (C=O) groups is 1. The monoisotopic (exact) mass is 385 g/mol. The molecule has 6 nitrogen and oxygen atoms in total. The van der Waals surface area contributed by atoms with Crippen LogP contribution in [0, 0.1) is 0 Å². The van der Waals surface area contributed by atoms with Crippen molar-refractivity contribution in [1.29, 1.82) is 0 Å². The minimum Gasteiger partial charge on any atom is -0.484 e. The average molecular weight is 385 g/mol. The van der Waals surface area contributed by atoms with Crippen LogP contribution in [0.3, 0.4) is 0 Å². The van der Waals surface area contributed by atoms with Crippen molar-refractivity contribution < 1.29 is 24.5 Å². The van der Waals surface area contributed by atoms with Crippen molar-refractivity contribution in [3.63, 3.8) is 0 Å². The highest BCUT2D eigenvalue weighted by Crippen LogP contribution is 2.39. The highest BCUT2D eigenvalue weighted by atomic mass is 16.5. The smallest absolute Gasteiger partial charge is 0.260 e. The van der Waals surface area contributed by atoms with Gasteiger partial charge >= 0.3 is 0 Å². The van der Waals surface area contributed by atoms with E-state index in [1.165, 1.54) is 0 Å². The Kier molecular flexibility index (Phi) is 5.04. The molecular weight excluding hydrogens is 358 g/mol. The van der Waals surface area contributed by atoms with Gasteiger partial charge in [0.1, 0.15) is 11.9 Å². The van der Waals surface area contributed by atoms with Crippen molar-refractivity contribution in [2.45, 2.75) is 43.5 Å². The maximum atomic E-state index is 12.6. The van der Waals surface area contributed by atoms with Crippen molar-refractivity contribution in [2.24, 2.45) is 0 Å². The normalized spacial score (nSPS) is 27.1. The zero-order valence-corrected chi connectivity index (χ0v) is 16.1. The summed E-state index contributed by atoms with van der Waals surface area (Å²) >= 11 is 0. The molecule has 1 amide bonds. The molecular formula is C22H27NO5. The summed E-state index contributed by atoms with van der Waals surface area (Å²) in [5.41, 5.74) is -1.61. The Morgan fingerprint density at radius 3 is 2.64 bits per heavy atom. The van der Waals surface area contributed by atoms with Gasteiger partial charge in [-0.05, 0) is 42.7 Å². The fourth-order valence-electron chi connectivity index (χ4n) is 4.23. The molecule has 0 saturated carbocycles. The molecule has 28 heavy (non-hydrogen) atoms. The summed E-state index contributed by atoms with van der Waals surface area (Å²) in [6, 6.07) is 13.8. The van der Waals surface area contributed by atoms with Gasteiger partial charge in [0.2, 0.25) is 0 Å². The molecule has 2 aliphatic rings. The molecule has 1 spiro atoms. The third-order valence-electron chi connectivity index (χ3n) is 6.06. The molecule has 2 fully saturated rings. The Morgan fingerprint density at radius 1 is 1.21 bits per heavy atom. The molecule has 2 aliphatic heterocycles. The fraction of sp³-hybridized carbons (Fsp3) is 0.500. The van der Waals surface area contributed by atoms with Gasteiger partial charge < -0.3 is 24.6 Å². The Labute approximate surface area is 164 Å². The van der Waals surface area contributed by atoms with Crippen molar-refractivity contribution in [1.82, 2.24) is 4.90 Å². The summed E-state index contributed by atoms with van der Waals surface area (Å²) in [6.07, 6.45) is 0.819.